The van der Waals surface area contributed by atoms with E-state index < -0.39 is 12.0 Å². The van der Waals surface area contributed by atoms with Gasteiger partial charge in [0.15, 0.2) is 0 Å². The molecule has 0 aliphatic rings. The number of aromatic nitrogens is 1. The van der Waals surface area contributed by atoms with Crippen molar-refractivity contribution in [2.45, 2.75) is 65.2 Å². The summed E-state index contributed by atoms with van der Waals surface area (Å²) in [4.78, 5) is 39.8. The molecule has 3 amide bonds. The SMILES string of the molecule is CC(C)N(C(=O)N[C@@H](Cc1ccccc1)C(=O)O)C(C)C.C[C@H](Nc1cscn1)C(N)=O. The van der Waals surface area contributed by atoms with Crippen LogP contribution in [0.1, 0.15) is 40.2 Å². The summed E-state index contributed by atoms with van der Waals surface area (Å²) < 4.78 is 0. The van der Waals surface area contributed by atoms with Gasteiger partial charge < -0.3 is 26.4 Å². The Balaban J connectivity index is 0.000000389. The average molecular weight is 464 g/mol. The smallest absolute Gasteiger partial charge is 0.326 e. The third-order valence-electron chi connectivity index (χ3n) is 4.45. The van der Waals surface area contributed by atoms with Gasteiger partial charge in [-0.15, -0.1) is 11.3 Å². The van der Waals surface area contributed by atoms with E-state index in [0.717, 1.165) is 5.56 Å². The van der Waals surface area contributed by atoms with Crippen LogP contribution in [0.5, 0.6) is 0 Å². The van der Waals surface area contributed by atoms with Gasteiger partial charge in [0.2, 0.25) is 5.91 Å². The summed E-state index contributed by atoms with van der Waals surface area (Å²) in [6.07, 6.45) is 0.270. The Morgan fingerprint density at radius 1 is 1.09 bits per heavy atom. The summed E-state index contributed by atoms with van der Waals surface area (Å²) in [5, 5.41) is 16.6. The van der Waals surface area contributed by atoms with Crippen LogP contribution in [-0.4, -0.2) is 57.1 Å². The van der Waals surface area contributed by atoms with Crippen LogP contribution in [0.2, 0.25) is 0 Å². The first-order valence-corrected chi connectivity index (χ1v) is 11.3. The number of urea groups is 1. The fraction of sp³-hybridized carbons (Fsp3) is 0.455. The minimum Gasteiger partial charge on any atom is -0.480 e. The topological polar surface area (TPSA) is 138 Å². The molecule has 0 spiro atoms. The van der Waals surface area contributed by atoms with Crippen LogP contribution in [0.3, 0.4) is 0 Å². The zero-order valence-corrected chi connectivity index (χ0v) is 19.9. The standard InChI is InChI=1S/C16H24N2O3.C6H9N3OS/c1-11(2)18(12(3)4)16(21)17-14(15(19)20)10-13-8-6-5-7-9-13;1-4(6(7)10)9-5-2-11-3-8-5/h5-9,11-12,14H,10H2,1-4H3,(H,17,21)(H,19,20);2-4,9H,1H3,(H2,7,10)/t14-;4-/m00/s1. The van der Waals surface area contributed by atoms with E-state index in [1.165, 1.54) is 11.3 Å². The first-order valence-electron chi connectivity index (χ1n) is 10.3. The quantitative estimate of drug-likeness (QED) is 0.451. The first kappa shape index (κ1) is 26.9. The Kier molecular flexibility index (Phi) is 11.2. The molecule has 176 valence electrons. The van der Waals surface area contributed by atoms with E-state index in [-0.39, 0.29) is 36.5 Å². The van der Waals surface area contributed by atoms with E-state index in [2.05, 4.69) is 15.6 Å². The van der Waals surface area contributed by atoms with Crippen LogP contribution in [-0.2, 0) is 16.0 Å². The monoisotopic (exact) mass is 463 g/mol. The van der Waals surface area contributed by atoms with E-state index in [4.69, 9.17) is 5.73 Å². The number of benzene rings is 1. The van der Waals surface area contributed by atoms with Crippen molar-refractivity contribution in [3.63, 3.8) is 0 Å². The van der Waals surface area contributed by atoms with Crippen molar-refractivity contribution in [3.8, 4) is 0 Å². The molecule has 0 unspecified atom stereocenters. The lowest BCUT2D eigenvalue weighted by molar-refractivity contribution is -0.139. The average Bonchev–Trinajstić information content (AvgIpc) is 3.21. The molecule has 1 aromatic heterocycles. The Hall–Kier alpha value is -3.14. The summed E-state index contributed by atoms with van der Waals surface area (Å²) >= 11 is 1.47. The Labute approximate surface area is 193 Å². The summed E-state index contributed by atoms with van der Waals surface area (Å²) in [5.41, 5.74) is 7.60. The van der Waals surface area contributed by atoms with Gasteiger partial charge in [0, 0.05) is 23.9 Å². The third kappa shape index (κ3) is 9.34. The second kappa shape index (κ2) is 13.3. The van der Waals surface area contributed by atoms with Crippen LogP contribution >= 0.6 is 11.3 Å². The van der Waals surface area contributed by atoms with Gasteiger partial charge in [0.05, 0.1) is 5.51 Å². The zero-order valence-electron chi connectivity index (χ0n) is 19.1. The molecule has 5 N–H and O–H groups in total. The maximum absolute atomic E-state index is 12.3. The molecule has 0 saturated heterocycles. The van der Waals surface area contributed by atoms with Gasteiger partial charge in [-0.2, -0.15) is 0 Å². The molecule has 32 heavy (non-hydrogen) atoms. The van der Waals surface area contributed by atoms with Gasteiger partial charge in [-0.25, -0.2) is 14.6 Å². The summed E-state index contributed by atoms with van der Waals surface area (Å²) in [6.45, 7) is 9.33. The van der Waals surface area contributed by atoms with Gasteiger partial charge >= 0.3 is 12.0 Å². The largest absolute Gasteiger partial charge is 0.480 e. The van der Waals surface area contributed by atoms with Crippen molar-refractivity contribution in [1.29, 1.82) is 0 Å². The maximum atomic E-state index is 12.3. The number of thiazole rings is 1. The number of hydrogen-bond acceptors (Lipinski definition) is 6. The highest BCUT2D eigenvalue weighted by molar-refractivity contribution is 7.07. The third-order valence-corrected chi connectivity index (χ3v) is 5.04. The highest BCUT2D eigenvalue weighted by atomic mass is 32.1. The number of nitrogens with zero attached hydrogens (tertiary/aromatic N) is 2. The second-order valence-corrected chi connectivity index (χ2v) is 8.49. The van der Waals surface area contributed by atoms with Crippen LogP contribution in [0.15, 0.2) is 41.2 Å². The lowest BCUT2D eigenvalue weighted by atomic mass is 10.1. The number of carbonyl (C=O) groups excluding carboxylic acids is 2. The Morgan fingerprint density at radius 3 is 2.12 bits per heavy atom. The van der Waals surface area contributed by atoms with Gasteiger partial charge in [0.25, 0.3) is 0 Å². The number of carboxylic acids is 1. The van der Waals surface area contributed by atoms with Crippen LogP contribution in [0.4, 0.5) is 10.6 Å². The minimum atomic E-state index is -1.03. The zero-order chi connectivity index (χ0) is 24.3. The lowest BCUT2D eigenvalue weighted by Gasteiger charge is -2.32. The number of rotatable bonds is 9. The predicted octanol–water partition coefficient (Wildman–Crippen LogP) is 2.94. The molecule has 0 radical (unpaired) electrons. The molecule has 10 heteroatoms. The molecule has 1 aromatic carbocycles. The highest BCUT2D eigenvalue weighted by Crippen LogP contribution is 2.09. The molecule has 2 rings (SSSR count). The van der Waals surface area contributed by atoms with Gasteiger partial charge in [-0.3, -0.25) is 4.79 Å². The molecule has 9 nitrogen and oxygen atoms in total. The number of primary amides is 1. The summed E-state index contributed by atoms with van der Waals surface area (Å²) in [7, 11) is 0. The molecule has 0 bridgehead atoms. The Morgan fingerprint density at radius 2 is 1.69 bits per heavy atom. The fourth-order valence-corrected chi connectivity index (χ4v) is 3.41. The van der Waals surface area contributed by atoms with Crippen LogP contribution < -0.4 is 16.4 Å². The number of nitrogens with one attached hydrogen (secondary N) is 2. The normalized spacial score (nSPS) is 12.3. The van der Waals surface area contributed by atoms with Crippen molar-refractivity contribution >= 4 is 35.1 Å². The first-order chi connectivity index (χ1) is 15.0. The number of nitrogens with two attached hydrogens (primary N) is 1. The summed E-state index contributed by atoms with van der Waals surface area (Å²) in [5.74, 6) is -0.709. The molecule has 0 aliphatic carbocycles. The van der Waals surface area contributed by atoms with E-state index >= 15 is 0 Å². The van der Waals surface area contributed by atoms with Gasteiger partial charge in [0.1, 0.15) is 17.9 Å². The minimum absolute atomic E-state index is 0.0103. The molecule has 0 fully saturated rings. The second-order valence-electron chi connectivity index (χ2n) is 7.77. The van der Waals surface area contributed by atoms with Crippen molar-refractivity contribution in [1.82, 2.24) is 15.2 Å². The number of amides is 3. The van der Waals surface area contributed by atoms with E-state index in [1.807, 2.05) is 63.4 Å². The molecular weight excluding hydrogens is 430 g/mol. The fourth-order valence-electron chi connectivity index (χ4n) is 2.92. The highest BCUT2D eigenvalue weighted by Gasteiger charge is 2.26. The summed E-state index contributed by atoms with van der Waals surface area (Å²) in [6, 6.07) is 7.66. The van der Waals surface area contributed by atoms with E-state index in [0.29, 0.717) is 5.82 Å². The van der Waals surface area contributed by atoms with Gasteiger partial charge in [-0.1, -0.05) is 30.3 Å². The van der Waals surface area contributed by atoms with Crippen molar-refractivity contribution in [3.05, 3.63) is 46.8 Å². The number of anilines is 1. The molecule has 2 atom stereocenters. The maximum Gasteiger partial charge on any atom is 0.326 e. The van der Waals surface area contributed by atoms with Crippen molar-refractivity contribution < 1.29 is 19.5 Å². The van der Waals surface area contributed by atoms with Crippen LogP contribution in [0.25, 0.3) is 0 Å². The van der Waals surface area contributed by atoms with Crippen LogP contribution in [0, 0.1) is 0 Å². The molecular formula is C22H33N5O4S. The number of aliphatic carboxylic acids is 1. The predicted molar refractivity (Wildman–Crippen MR) is 127 cm³/mol. The number of carbonyl (C=O) groups is 3. The molecule has 0 aliphatic heterocycles. The molecule has 2 aromatic rings. The lowest BCUT2D eigenvalue weighted by Crippen LogP contribution is -2.53. The number of hydrogen-bond donors (Lipinski definition) is 4. The van der Waals surface area contributed by atoms with E-state index in [1.54, 1.807) is 17.3 Å². The van der Waals surface area contributed by atoms with E-state index in [9.17, 15) is 19.5 Å². The number of carboxylic acid groups (broad SMARTS) is 1. The van der Waals surface area contributed by atoms with Gasteiger partial charge in [-0.05, 0) is 40.2 Å². The Bertz CT molecular complexity index is 835. The molecule has 0 saturated carbocycles. The van der Waals surface area contributed by atoms with Crippen molar-refractivity contribution in [2.24, 2.45) is 5.73 Å². The van der Waals surface area contributed by atoms with Crippen molar-refractivity contribution in [2.75, 3.05) is 5.32 Å². The molecule has 1 heterocycles.